The van der Waals surface area contributed by atoms with Crippen LogP contribution in [0.4, 0.5) is 0 Å². The zero-order valence-corrected chi connectivity index (χ0v) is 19.4. The first-order valence-corrected chi connectivity index (χ1v) is 11.7. The molecule has 0 unspecified atom stereocenters. The molecule has 2 aromatic carbocycles. The van der Waals surface area contributed by atoms with Crippen molar-refractivity contribution in [2.24, 2.45) is 7.05 Å². The van der Waals surface area contributed by atoms with E-state index in [1.54, 1.807) is 28.6 Å². The van der Waals surface area contributed by atoms with Crippen LogP contribution >= 0.6 is 0 Å². The van der Waals surface area contributed by atoms with E-state index in [2.05, 4.69) is 4.72 Å². The predicted molar refractivity (Wildman–Crippen MR) is 122 cm³/mol. The Bertz CT molecular complexity index is 1220. The Morgan fingerprint density at radius 2 is 1.71 bits per heavy atom. The van der Waals surface area contributed by atoms with E-state index in [1.165, 1.54) is 12.1 Å². The maximum atomic E-state index is 12.9. The summed E-state index contributed by atoms with van der Waals surface area (Å²) in [5.74, 6) is 0.835. The Morgan fingerprint density at radius 1 is 1.06 bits per heavy atom. The Labute approximate surface area is 183 Å². The van der Waals surface area contributed by atoms with Gasteiger partial charge in [-0.2, -0.15) is 0 Å². The highest BCUT2D eigenvalue weighted by Crippen LogP contribution is 2.20. The summed E-state index contributed by atoms with van der Waals surface area (Å²) in [5, 5.41) is 0. The molecule has 0 spiro atoms. The van der Waals surface area contributed by atoms with Crippen LogP contribution in [-0.2, 0) is 23.5 Å². The molecule has 7 nitrogen and oxygen atoms in total. The van der Waals surface area contributed by atoms with Crippen molar-refractivity contribution in [3.63, 3.8) is 0 Å². The van der Waals surface area contributed by atoms with Crippen LogP contribution in [-0.4, -0.2) is 31.4 Å². The lowest BCUT2D eigenvalue weighted by atomic mass is 10.0. The molecule has 31 heavy (non-hydrogen) atoms. The number of nitrogens with zero attached hydrogens (tertiary/aromatic N) is 2. The minimum atomic E-state index is -3.67. The van der Waals surface area contributed by atoms with Crippen LogP contribution in [0.1, 0.15) is 36.6 Å². The SMILES string of the molecule is COc1ccccc1CCNS(=O)(=O)c1ccc(-n2c(=O)c(C(C)C)c(C)n2C)cc1. The highest BCUT2D eigenvalue weighted by molar-refractivity contribution is 7.89. The van der Waals surface area contributed by atoms with Gasteiger partial charge in [-0.15, -0.1) is 0 Å². The Kier molecular flexibility index (Phi) is 6.71. The van der Waals surface area contributed by atoms with Gasteiger partial charge in [-0.05, 0) is 55.2 Å². The second-order valence-corrected chi connectivity index (χ2v) is 9.51. The first-order valence-electron chi connectivity index (χ1n) is 10.2. The number of benzene rings is 2. The topological polar surface area (TPSA) is 82.3 Å². The summed E-state index contributed by atoms with van der Waals surface area (Å²) in [7, 11) is -0.253. The fourth-order valence-corrected chi connectivity index (χ4v) is 4.80. The van der Waals surface area contributed by atoms with E-state index in [0.29, 0.717) is 12.1 Å². The molecule has 0 fully saturated rings. The molecule has 1 heterocycles. The van der Waals surface area contributed by atoms with Gasteiger partial charge in [0.2, 0.25) is 10.0 Å². The van der Waals surface area contributed by atoms with Crippen LogP contribution in [0.25, 0.3) is 5.69 Å². The first-order chi connectivity index (χ1) is 14.7. The zero-order valence-electron chi connectivity index (χ0n) is 18.5. The Morgan fingerprint density at radius 3 is 2.29 bits per heavy atom. The second kappa shape index (κ2) is 9.11. The van der Waals surface area contributed by atoms with Gasteiger partial charge in [-0.3, -0.25) is 9.48 Å². The number of sulfonamides is 1. The molecule has 0 radical (unpaired) electrons. The number of nitrogens with one attached hydrogen (secondary N) is 1. The molecular formula is C23H29N3O4S. The van der Waals surface area contributed by atoms with Gasteiger partial charge in [0, 0.05) is 24.8 Å². The van der Waals surface area contributed by atoms with Gasteiger partial charge in [0.15, 0.2) is 0 Å². The zero-order chi connectivity index (χ0) is 22.8. The molecule has 3 rings (SSSR count). The molecule has 0 aliphatic carbocycles. The minimum absolute atomic E-state index is 0.0828. The molecule has 166 valence electrons. The van der Waals surface area contributed by atoms with Gasteiger partial charge in [-0.25, -0.2) is 17.8 Å². The minimum Gasteiger partial charge on any atom is -0.496 e. The largest absolute Gasteiger partial charge is 0.496 e. The van der Waals surface area contributed by atoms with Crippen LogP contribution in [0.2, 0.25) is 0 Å². The second-order valence-electron chi connectivity index (χ2n) is 7.75. The van der Waals surface area contributed by atoms with E-state index in [0.717, 1.165) is 22.6 Å². The van der Waals surface area contributed by atoms with Gasteiger partial charge in [0.05, 0.1) is 17.7 Å². The lowest BCUT2D eigenvalue weighted by molar-refractivity contribution is 0.409. The fourth-order valence-electron chi connectivity index (χ4n) is 3.76. The normalized spacial score (nSPS) is 11.8. The third-order valence-corrected chi connectivity index (χ3v) is 6.92. The molecule has 0 aliphatic heterocycles. The standard InChI is InChI=1S/C23H29N3O4S/c1-16(2)22-17(3)25(4)26(23(22)27)19-10-12-20(13-11-19)31(28,29)24-15-14-18-8-6-7-9-21(18)30-5/h6-13,16,24H,14-15H2,1-5H3. The number of hydrogen-bond donors (Lipinski definition) is 1. The lowest BCUT2D eigenvalue weighted by Gasteiger charge is -2.11. The summed E-state index contributed by atoms with van der Waals surface area (Å²) in [6.07, 6.45) is 0.511. The average Bonchev–Trinajstić information content (AvgIpc) is 2.96. The maximum Gasteiger partial charge on any atom is 0.275 e. The first kappa shape index (κ1) is 22.8. The molecule has 8 heteroatoms. The Balaban J connectivity index is 1.78. The highest BCUT2D eigenvalue weighted by atomic mass is 32.2. The third-order valence-electron chi connectivity index (χ3n) is 5.45. The number of ether oxygens (including phenoxy) is 1. The van der Waals surface area contributed by atoms with Crippen molar-refractivity contribution in [2.75, 3.05) is 13.7 Å². The van der Waals surface area contributed by atoms with Crippen molar-refractivity contribution in [3.05, 3.63) is 75.7 Å². The van der Waals surface area contributed by atoms with Gasteiger partial charge in [0.25, 0.3) is 5.56 Å². The van der Waals surface area contributed by atoms with Crippen LogP contribution in [0, 0.1) is 6.92 Å². The van der Waals surface area contributed by atoms with Crippen LogP contribution < -0.4 is 15.0 Å². The van der Waals surface area contributed by atoms with Gasteiger partial charge in [-0.1, -0.05) is 32.0 Å². The molecule has 3 aromatic rings. The molecule has 0 amide bonds. The summed E-state index contributed by atoms with van der Waals surface area (Å²) < 4.78 is 36.7. The van der Waals surface area contributed by atoms with Crippen LogP contribution in [0.5, 0.6) is 5.75 Å². The van der Waals surface area contributed by atoms with E-state index in [1.807, 2.05) is 52.1 Å². The fraction of sp³-hybridized carbons (Fsp3) is 0.348. The van der Waals surface area contributed by atoms with Crippen molar-refractivity contribution in [3.8, 4) is 11.4 Å². The smallest absolute Gasteiger partial charge is 0.275 e. The molecule has 0 saturated heterocycles. The molecule has 0 saturated carbocycles. The Hall–Kier alpha value is -2.84. The molecule has 0 bridgehead atoms. The summed E-state index contributed by atoms with van der Waals surface area (Å²) in [6, 6.07) is 13.9. The summed E-state index contributed by atoms with van der Waals surface area (Å²) in [6.45, 7) is 6.14. The van der Waals surface area contributed by atoms with Crippen molar-refractivity contribution in [1.29, 1.82) is 0 Å². The van der Waals surface area contributed by atoms with Gasteiger partial charge >= 0.3 is 0 Å². The van der Waals surface area contributed by atoms with Crippen molar-refractivity contribution >= 4 is 10.0 Å². The van der Waals surface area contributed by atoms with E-state index in [4.69, 9.17) is 4.74 Å². The summed E-state index contributed by atoms with van der Waals surface area (Å²) >= 11 is 0. The van der Waals surface area contributed by atoms with Crippen molar-refractivity contribution in [2.45, 2.75) is 38.0 Å². The lowest BCUT2D eigenvalue weighted by Crippen LogP contribution is -2.26. The number of aromatic nitrogens is 2. The number of methoxy groups -OCH3 is 1. The quantitative estimate of drug-likeness (QED) is 0.580. The predicted octanol–water partition coefficient (Wildman–Crippen LogP) is 3.14. The van der Waals surface area contributed by atoms with Crippen molar-refractivity contribution in [1.82, 2.24) is 14.1 Å². The summed E-state index contributed by atoms with van der Waals surface area (Å²) in [5.41, 5.74) is 3.13. The number of rotatable bonds is 8. The van der Waals surface area contributed by atoms with E-state index in [9.17, 15) is 13.2 Å². The van der Waals surface area contributed by atoms with Gasteiger partial charge in [0.1, 0.15) is 5.75 Å². The summed E-state index contributed by atoms with van der Waals surface area (Å²) in [4.78, 5) is 13.0. The van der Waals surface area contributed by atoms with Crippen LogP contribution in [0.3, 0.4) is 0 Å². The number of para-hydroxylation sites is 1. The third kappa shape index (κ3) is 4.60. The molecule has 1 N–H and O–H groups in total. The monoisotopic (exact) mass is 443 g/mol. The molecular weight excluding hydrogens is 414 g/mol. The van der Waals surface area contributed by atoms with E-state index < -0.39 is 10.0 Å². The molecule has 0 atom stereocenters. The maximum absolute atomic E-state index is 12.9. The van der Waals surface area contributed by atoms with Crippen LogP contribution in [0.15, 0.2) is 58.2 Å². The van der Waals surface area contributed by atoms with Crippen molar-refractivity contribution < 1.29 is 13.2 Å². The average molecular weight is 444 g/mol. The van der Waals surface area contributed by atoms with E-state index >= 15 is 0 Å². The highest BCUT2D eigenvalue weighted by Gasteiger charge is 2.19. The van der Waals surface area contributed by atoms with E-state index in [-0.39, 0.29) is 22.9 Å². The van der Waals surface area contributed by atoms with Gasteiger partial charge < -0.3 is 4.74 Å². The number of hydrogen-bond acceptors (Lipinski definition) is 4. The molecule has 0 aliphatic rings. The molecule has 1 aromatic heterocycles.